The zero-order valence-corrected chi connectivity index (χ0v) is 15.8. The molecular formula is C22H24N2O3. The molecule has 3 rings (SSSR count). The third kappa shape index (κ3) is 4.99. The molecule has 27 heavy (non-hydrogen) atoms. The van der Waals surface area contributed by atoms with Crippen LogP contribution in [-0.2, 0) is 6.54 Å². The normalized spacial score (nSPS) is 11.8. The minimum absolute atomic E-state index is 0.108. The number of amides is 1. The van der Waals surface area contributed by atoms with E-state index in [1.807, 2.05) is 43.3 Å². The van der Waals surface area contributed by atoms with E-state index in [0.29, 0.717) is 12.1 Å². The van der Waals surface area contributed by atoms with Crippen LogP contribution in [0.4, 0.5) is 5.69 Å². The Morgan fingerprint density at radius 2 is 1.89 bits per heavy atom. The summed E-state index contributed by atoms with van der Waals surface area (Å²) in [6, 6.07) is 18.9. The molecule has 3 aromatic rings. The average molecular weight is 364 g/mol. The highest BCUT2D eigenvalue weighted by Gasteiger charge is 2.10. The van der Waals surface area contributed by atoms with Crippen LogP contribution in [0.25, 0.3) is 0 Å². The second-order valence-electron chi connectivity index (χ2n) is 6.43. The lowest BCUT2D eigenvalue weighted by Crippen LogP contribution is -2.18. The van der Waals surface area contributed by atoms with Crippen LogP contribution in [-0.4, -0.2) is 13.0 Å². The second-order valence-corrected chi connectivity index (χ2v) is 6.43. The Morgan fingerprint density at radius 1 is 1.11 bits per heavy atom. The number of carbonyl (C=O) groups is 1. The average Bonchev–Trinajstić information content (AvgIpc) is 3.13. The summed E-state index contributed by atoms with van der Waals surface area (Å²) in [5.41, 5.74) is 2.43. The summed E-state index contributed by atoms with van der Waals surface area (Å²) >= 11 is 0. The number of benzene rings is 2. The van der Waals surface area contributed by atoms with Crippen LogP contribution in [0.2, 0.25) is 0 Å². The van der Waals surface area contributed by atoms with E-state index < -0.39 is 0 Å². The van der Waals surface area contributed by atoms with Crippen molar-refractivity contribution >= 4 is 11.6 Å². The summed E-state index contributed by atoms with van der Waals surface area (Å²) in [6.07, 6.45) is 0. The largest absolute Gasteiger partial charge is 0.497 e. The van der Waals surface area contributed by atoms with Crippen LogP contribution in [0.15, 0.2) is 65.1 Å². The van der Waals surface area contributed by atoms with Crippen molar-refractivity contribution in [3.05, 3.63) is 83.3 Å². The van der Waals surface area contributed by atoms with Gasteiger partial charge in [0, 0.05) is 17.8 Å². The van der Waals surface area contributed by atoms with Crippen molar-refractivity contribution in [3.63, 3.8) is 0 Å². The third-order valence-corrected chi connectivity index (χ3v) is 4.34. The summed E-state index contributed by atoms with van der Waals surface area (Å²) < 4.78 is 10.8. The van der Waals surface area contributed by atoms with Gasteiger partial charge in [-0.05, 0) is 67.9 Å². The minimum Gasteiger partial charge on any atom is -0.497 e. The maximum absolute atomic E-state index is 12.4. The first kappa shape index (κ1) is 18.7. The van der Waals surface area contributed by atoms with Gasteiger partial charge < -0.3 is 19.8 Å². The number of nitrogens with one attached hydrogen (secondary N) is 2. The Bertz CT molecular complexity index is 900. The number of hydrogen-bond donors (Lipinski definition) is 2. The zero-order valence-electron chi connectivity index (χ0n) is 15.8. The van der Waals surface area contributed by atoms with Crippen molar-refractivity contribution in [1.82, 2.24) is 5.32 Å². The lowest BCUT2D eigenvalue weighted by Gasteiger charge is -2.12. The molecule has 5 nitrogen and oxygen atoms in total. The van der Waals surface area contributed by atoms with E-state index in [1.165, 1.54) is 0 Å². The topological polar surface area (TPSA) is 63.5 Å². The van der Waals surface area contributed by atoms with Gasteiger partial charge in [0.05, 0.1) is 13.2 Å². The molecule has 2 N–H and O–H groups in total. The number of rotatable bonds is 7. The van der Waals surface area contributed by atoms with Gasteiger partial charge in [0.15, 0.2) is 0 Å². The molecule has 1 unspecified atom stereocenters. The molecule has 0 bridgehead atoms. The van der Waals surface area contributed by atoms with Crippen molar-refractivity contribution < 1.29 is 13.9 Å². The smallest absolute Gasteiger partial charge is 0.255 e. The van der Waals surface area contributed by atoms with Gasteiger partial charge in [0.2, 0.25) is 0 Å². The van der Waals surface area contributed by atoms with Crippen molar-refractivity contribution in [2.45, 2.75) is 26.4 Å². The Kier molecular flexibility index (Phi) is 5.94. The SMILES string of the molecule is COc1ccc(C(=O)Nc2cccc(CNC(C)c3ccc(C)o3)c2)cc1. The molecule has 1 heterocycles. The number of carbonyl (C=O) groups excluding carboxylic acids is 1. The first-order chi connectivity index (χ1) is 13.0. The highest BCUT2D eigenvalue weighted by atomic mass is 16.5. The lowest BCUT2D eigenvalue weighted by atomic mass is 10.1. The number of anilines is 1. The van der Waals surface area contributed by atoms with Gasteiger partial charge in [0.1, 0.15) is 17.3 Å². The Hall–Kier alpha value is -3.05. The molecule has 0 aliphatic carbocycles. The molecule has 0 fully saturated rings. The van der Waals surface area contributed by atoms with Gasteiger partial charge in [-0.2, -0.15) is 0 Å². The number of aryl methyl sites for hydroxylation is 1. The van der Waals surface area contributed by atoms with E-state index in [2.05, 4.69) is 17.6 Å². The van der Waals surface area contributed by atoms with E-state index in [9.17, 15) is 4.79 Å². The standard InChI is InChI=1S/C22H24N2O3/c1-15-7-12-21(27-15)16(2)23-14-17-5-4-6-19(13-17)24-22(25)18-8-10-20(26-3)11-9-18/h4-13,16,23H,14H2,1-3H3,(H,24,25). The van der Waals surface area contributed by atoms with E-state index in [-0.39, 0.29) is 11.9 Å². The van der Waals surface area contributed by atoms with Crippen molar-refractivity contribution in [1.29, 1.82) is 0 Å². The maximum atomic E-state index is 12.4. The monoisotopic (exact) mass is 364 g/mol. The van der Waals surface area contributed by atoms with Crippen LogP contribution in [0.3, 0.4) is 0 Å². The molecule has 0 saturated carbocycles. The van der Waals surface area contributed by atoms with Crippen molar-refractivity contribution in [2.75, 3.05) is 12.4 Å². The highest BCUT2D eigenvalue weighted by molar-refractivity contribution is 6.04. The predicted octanol–water partition coefficient (Wildman–Crippen LogP) is 4.70. The van der Waals surface area contributed by atoms with Gasteiger partial charge >= 0.3 is 0 Å². The molecule has 0 aliphatic rings. The molecule has 0 aliphatic heterocycles. The Labute approximate surface area is 159 Å². The molecule has 1 amide bonds. The number of furan rings is 1. The van der Waals surface area contributed by atoms with Gasteiger partial charge in [-0.1, -0.05) is 12.1 Å². The molecule has 0 saturated heterocycles. The quantitative estimate of drug-likeness (QED) is 0.638. The van der Waals surface area contributed by atoms with Crippen molar-refractivity contribution in [2.24, 2.45) is 0 Å². The molecule has 0 spiro atoms. The van der Waals surface area contributed by atoms with Crippen molar-refractivity contribution in [3.8, 4) is 5.75 Å². The van der Waals surface area contributed by atoms with Crippen LogP contribution in [0.5, 0.6) is 5.75 Å². The lowest BCUT2D eigenvalue weighted by molar-refractivity contribution is 0.102. The van der Waals surface area contributed by atoms with Crippen LogP contribution < -0.4 is 15.4 Å². The number of methoxy groups -OCH3 is 1. The summed E-state index contributed by atoms with van der Waals surface area (Å²) in [5, 5.41) is 6.37. The molecular weight excluding hydrogens is 340 g/mol. The Morgan fingerprint density at radius 3 is 2.56 bits per heavy atom. The second kappa shape index (κ2) is 8.56. The van der Waals surface area contributed by atoms with Crippen LogP contribution in [0, 0.1) is 6.92 Å². The van der Waals surface area contributed by atoms with E-state index in [4.69, 9.17) is 9.15 Å². The fourth-order valence-corrected chi connectivity index (χ4v) is 2.76. The molecule has 5 heteroatoms. The van der Waals surface area contributed by atoms with Crippen LogP contribution in [0.1, 0.15) is 40.4 Å². The number of hydrogen-bond acceptors (Lipinski definition) is 4. The predicted molar refractivity (Wildman–Crippen MR) is 106 cm³/mol. The summed E-state index contributed by atoms with van der Waals surface area (Å²) in [4.78, 5) is 12.4. The third-order valence-electron chi connectivity index (χ3n) is 4.34. The molecule has 1 atom stereocenters. The first-order valence-corrected chi connectivity index (χ1v) is 8.89. The minimum atomic E-state index is -0.151. The summed E-state index contributed by atoms with van der Waals surface area (Å²) in [7, 11) is 1.60. The van der Waals surface area contributed by atoms with Gasteiger partial charge in [-0.3, -0.25) is 4.79 Å². The maximum Gasteiger partial charge on any atom is 0.255 e. The number of ether oxygens (including phenoxy) is 1. The van der Waals surface area contributed by atoms with Gasteiger partial charge in [-0.15, -0.1) is 0 Å². The molecule has 140 valence electrons. The Balaban J connectivity index is 1.60. The van der Waals surface area contributed by atoms with E-state index in [1.54, 1.807) is 31.4 Å². The molecule has 0 radical (unpaired) electrons. The zero-order chi connectivity index (χ0) is 19.2. The van der Waals surface area contributed by atoms with Gasteiger partial charge in [-0.25, -0.2) is 0 Å². The van der Waals surface area contributed by atoms with Gasteiger partial charge in [0.25, 0.3) is 5.91 Å². The fraction of sp³-hybridized carbons (Fsp3) is 0.227. The van der Waals surface area contributed by atoms with Crippen LogP contribution >= 0.6 is 0 Å². The molecule has 2 aromatic carbocycles. The summed E-state index contributed by atoms with van der Waals surface area (Å²) in [6.45, 7) is 4.67. The highest BCUT2D eigenvalue weighted by Crippen LogP contribution is 2.18. The van der Waals surface area contributed by atoms with E-state index >= 15 is 0 Å². The first-order valence-electron chi connectivity index (χ1n) is 8.89. The fourth-order valence-electron chi connectivity index (χ4n) is 2.76. The molecule has 1 aromatic heterocycles. The summed E-state index contributed by atoms with van der Waals surface area (Å²) in [5.74, 6) is 2.39. The van der Waals surface area contributed by atoms with E-state index in [0.717, 1.165) is 28.5 Å².